The summed E-state index contributed by atoms with van der Waals surface area (Å²) in [6.07, 6.45) is 7.02. The van der Waals surface area contributed by atoms with Crippen LogP contribution < -0.4 is 4.90 Å². The van der Waals surface area contributed by atoms with E-state index in [1.54, 1.807) is 18.0 Å². The Bertz CT molecular complexity index is 490. The Hall–Kier alpha value is -1.30. The molecule has 20 heavy (non-hydrogen) atoms. The van der Waals surface area contributed by atoms with E-state index in [1.807, 2.05) is 17.2 Å². The average molecular weight is 292 g/mol. The van der Waals surface area contributed by atoms with E-state index >= 15 is 0 Å². The zero-order valence-corrected chi connectivity index (χ0v) is 12.6. The molecule has 0 saturated carbocycles. The molecule has 1 aromatic heterocycles. The van der Waals surface area contributed by atoms with Crippen molar-refractivity contribution in [2.24, 2.45) is 5.92 Å². The van der Waals surface area contributed by atoms with E-state index < -0.39 is 0 Å². The second-order valence-corrected chi connectivity index (χ2v) is 6.14. The molecule has 3 rings (SSSR count). The quantitative estimate of drug-likeness (QED) is 0.626. The number of nitrogens with zero attached hydrogens (tertiary/aromatic N) is 4. The molecule has 1 atom stereocenters. The zero-order valence-electron chi connectivity index (χ0n) is 11.8. The van der Waals surface area contributed by atoms with Crippen LogP contribution in [-0.4, -0.2) is 53.2 Å². The Kier molecular flexibility index (Phi) is 4.10. The molecule has 0 N–H and O–H groups in total. The third kappa shape index (κ3) is 2.75. The first-order valence-corrected chi connectivity index (χ1v) is 8.41. The summed E-state index contributed by atoms with van der Waals surface area (Å²) in [5, 5.41) is 0.789. The Balaban J connectivity index is 1.65. The van der Waals surface area contributed by atoms with E-state index in [9.17, 15) is 4.79 Å². The van der Waals surface area contributed by atoms with Crippen molar-refractivity contribution in [3.63, 3.8) is 0 Å². The molecule has 3 heterocycles. The predicted molar refractivity (Wildman–Crippen MR) is 79.9 cm³/mol. The first-order chi connectivity index (χ1) is 9.78. The predicted octanol–water partition coefficient (Wildman–Crippen LogP) is 1.65. The Labute approximate surface area is 123 Å². The molecule has 6 heteroatoms. The second kappa shape index (κ2) is 5.99. The molecule has 1 amide bonds. The molecule has 1 aromatic rings. The minimum absolute atomic E-state index is 0.140. The largest absolute Gasteiger partial charge is 0.356 e. The van der Waals surface area contributed by atoms with E-state index in [2.05, 4.69) is 14.9 Å². The number of thioether (sulfide) groups is 1. The van der Waals surface area contributed by atoms with Crippen molar-refractivity contribution in [1.82, 2.24) is 14.9 Å². The highest BCUT2D eigenvalue weighted by molar-refractivity contribution is 7.98. The van der Waals surface area contributed by atoms with Crippen LogP contribution in [0.15, 0.2) is 17.4 Å². The third-order valence-corrected chi connectivity index (χ3v) is 4.64. The van der Waals surface area contributed by atoms with Gasteiger partial charge in [-0.05, 0) is 31.6 Å². The van der Waals surface area contributed by atoms with Crippen molar-refractivity contribution in [3.05, 3.63) is 12.3 Å². The summed E-state index contributed by atoms with van der Waals surface area (Å²) >= 11 is 1.55. The van der Waals surface area contributed by atoms with Crippen LogP contribution in [0.3, 0.4) is 0 Å². The van der Waals surface area contributed by atoms with Crippen molar-refractivity contribution in [1.29, 1.82) is 0 Å². The van der Waals surface area contributed by atoms with Gasteiger partial charge in [0.05, 0.1) is 5.92 Å². The molecule has 0 radical (unpaired) electrons. The Morgan fingerprint density at radius 3 is 2.90 bits per heavy atom. The molecule has 0 spiro atoms. The highest BCUT2D eigenvalue weighted by atomic mass is 32.2. The van der Waals surface area contributed by atoms with Gasteiger partial charge in [-0.1, -0.05) is 11.8 Å². The van der Waals surface area contributed by atoms with Crippen LogP contribution in [-0.2, 0) is 4.79 Å². The summed E-state index contributed by atoms with van der Waals surface area (Å²) in [4.78, 5) is 25.4. The van der Waals surface area contributed by atoms with Crippen molar-refractivity contribution >= 4 is 23.5 Å². The van der Waals surface area contributed by atoms with Gasteiger partial charge in [0.15, 0.2) is 5.16 Å². The summed E-state index contributed by atoms with van der Waals surface area (Å²) < 4.78 is 0. The number of carbonyl (C=O) groups excluding carboxylic acids is 1. The molecule has 0 aromatic carbocycles. The topological polar surface area (TPSA) is 49.3 Å². The maximum absolute atomic E-state index is 12.4. The number of hydrogen-bond donors (Lipinski definition) is 0. The van der Waals surface area contributed by atoms with Gasteiger partial charge in [0.2, 0.25) is 5.91 Å². The highest BCUT2D eigenvalue weighted by Gasteiger charge is 2.32. The molecule has 2 saturated heterocycles. The number of likely N-dealkylation sites (tertiary alicyclic amines) is 1. The van der Waals surface area contributed by atoms with Gasteiger partial charge >= 0.3 is 0 Å². The SMILES string of the molecule is CSc1nccc(N2CCC(C(=O)N3CCCC3)C2)n1. The number of amides is 1. The van der Waals surface area contributed by atoms with Crippen LogP contribution in [0.2, 0.25) is 0 Å². The van der Waals surface area contributed by atoms with Gasteiger partial charge in [0.25, 0.3) is 0 Å². The molecule has 2 fully saturated rings. The number of hydrogen-bond acceptors (Lipinski definition) is 5. The van der Waals surface area contributed by atoms with Crippen molar-refractivity contribution in [2.45, 2.75) is 24.4 Å². The van der Waals surface area contributed by atoms with Gasteiger partial charge in [-0.25, -0.2) is 9.97 Å². The van der Waals surface area contributed by atoms with Crippen molar-refractivity contribution in [2.75, 3.05) is 37.3 Å². The lowest BCUT2D eigenvalue weighted by Crippen LogP contribution is -2.35. The first kappa shape index (κ1) is 13.7. The summed E-state index contributed by atoms with van der Waals surface area (Å²) in [5.41, 5.74) is 0. The second-order valence-electron chi connectivity index (χ2n) is 5.37. The average Bonchev–Trinajstić information content (AvgIpc) is 3.18. The van der Waals surface area contributed by atoms with Crippen LogP contribution in [0.25, 0.3) is 0 Å². The fourth-order valence-electron chi connectivity index (χ4n) is 2.97. The maximum atomic E-state index is 12.4. The number of anilines is 1. The first-order valence-electron chi connectivity index (χ1n) is 7.18. The third-order valence-electron chi connectivity index (χ3n) is 4.08. The summed E-state index contributed by atoms with van der Waals surface area (Å²) in [7, 11) is 0. The van der Waals surface area contributed by atoms with Gasteiger partial charge in [-0.3, -0.25) is 4.79 Å². The molecule has 5 nitrogen and oxygen atoms in total. The Morgan fingerprint density at radius 1 is 1.35 bits per heavy atom. The van der Waals surface area contributed by atoms with Crippen LogP contribution >= 0.6 is 11.8 Å². The maximum Gasteiger partial charge on any atom is 0.227 e. The minimum Gasteiger partial charge on any atom is -0.356 e. The number of rotatable bonds is 3. The fraction of sp³-hybridized carbons (Fsp3) is 0.643. The molecule has 2 aliphatic heterocycles. The van der Waals surface area contributed by atoms with E-state index in [-0.39, 0.29) is 5.92 Å². The van der Waals surface area contributed by atoms with Gasteiger partial charge in [-0.2, -0.15) is 0 Å². The minimum atomic E-state index is 0.140. The van der Waals surface area contributed by atoms with Crippen molar-refractivity contribution in [3.8, 4) is 0 Å². The van der Waals surface area contributed by atoms with Gasteiger partial charge in [0, 0.05) is 32.4 Å². The van der Waals surface area contributed by atoms with Crippen LogP contribution in [0.1, 0.15) is 19.3 Å². The number of carbonyl (C=O) groups is 1. The lowest BCUT2D eigenvalue weighted by molar-refractivity contribution is -0.133. The molecule has 0 aliphatic carbocycles. The van der Waals surface area contributed by atoms with E-state index in [0.29, 0.717) is 5.91 Å². The van der Waals surface area contributed by atoms with Gasteiger partial charge in [0.1, 0.15) is 5.82 Å². The van der Waals surface area contributed by atoms with E-state index in [0.717, 1.165) is 56.4 Å². The molecule has 0 bridgehead atoms. The monoisotopic (exact) mass is 292 g/mol. The number of aromatic nitrogens is 2. The standard InChI is InChI=1S/C14H20N4OS/c1-20-14-15-6-4-12(16-14)18-9-5-11(10-18)13(19)17-7-2-3-8-17/h4,6,11H,2-3,5,7-10H2,1H3. The van der Waals surface area contributed by atoms with Gasteiger partial charge in [-0.15, -0.1) is 0 Å². The smallest absolute Gasteiger partial charge is 0.227 e. The summed E-state index contributed by atoms with van der Waals surface area (Å²) in [6.45, 7) is 3.59. The molecular formula is C14H20N4OS. The lowest BCUT2D eigenvalue weighted by atomic mass is 10.1. The summed E-state index contributed by atoms with van der Waals surface area (Å²) in [5.74, 6) is 1.42. The molecule has 1 unspecified atom stereocenters. The lowest BCUT2D eigenvalue weighted by Gasteiger charge is -2.21. The molecule has 2 aliphatic rings. The highest BCUT2D eigenvalue weighted by Crippen LogP contribution is 2.25. The summed E-state index contributed by atoms with van der Waals surface area (Å²) in [6, 6.07) is 1.93. The molecular weight excluding hydrogens is 272 g/mol. The fourth-order valence-corrected chi connectivity index (χ4v) is 3.32. The van der Waals surface area contributed by atoms with E-state index in [1.165, 1.54) is 0 Å². The normalized spacial score (nSPS) is 22.6. The van der Waals surface area contributed by atoms with Crippen LogP contribution in [0.5, 0.6) is 0 Å². The molecule has 108 valence electrons. The van der Waals surface area contributed by atoms with E-state index in [4.69, 9.17) is 0 Å². The zero-order chi connectivity index (χ0) is 13.9. The Morgan fingerprint density at radius 2 is 2.15 bits per heavy atom. The van der Waals surface area contributed by atoms with Crippen LogP contribution in [0, 0.1) is 5.92 Å². The van der Waals surface area contributed by atoms with Gasteiger partial charge < -0.3 is 9.80 Å². The van der Waals surface area contributed by atoms with Crippen molar-refractivity contribution < 1.29 is 4.79 Å². The van der Waals surface area contributed by atoms with Crippen LogP contribution in [0.4, 0.5) is 5.82 Å².